The molecule has 5 heteroatoms. The van der Waals surface area contributed by atoms with Gasteiger partial charge in [0.1, 0.15) is 11.5 Å². The molecule has 0 saturated carbocycles. The Balaban J connectivity index is 2.66. The molecule has 0 aliphatic carbocycles. The van der Waals surface area contributed by atoms with Crippen molar-refractivity contribution >= 4 is 17.7 Å². The summed E-state index contributed by atoms with van der Waals surface area (Å²) in [6.45, 7) is 1.70. The second kappa shape index (κ2) is 3.05. The third-order valence-electron chi connectivity index (χ3n) is 2.50. The summed E-state index contributed by atoms with van der Waals surface area (Å²) in [5.41, 5.74) is 1.13. The summed E-state index contributed by atoms with van der Waals surface area (Å²) in [6.07, 6.45) is -0.0632. The second-order valence-corrected chi connectivity index (χ2v) is 3.59. The van der Waals surface area contributed by atoms with Gasteiger partial charge in [0, 0.05) is 12.1 Å². The van der Waals surface area contributed by atoms with Gasteiger partial charge in [-0.3, -0.25) is 14.2 Å². The number of fused-ring (bicyclic) bond motifs is 1. The first kappa shape index (κ1) is 9.64. The van der Waals surface area contributed by atoms with Crippen LogP contribution >= 0.6 is 0 Å². The number of rotatable bonds is 1. The van der Waals surface area contributed by atoms with Crippen molar-refractivity contribution in [2.75, 3.05) is 0 Å². The van der Waals surface area contributed by atoms with Gasteiger partial charge in [0.25, 0.3) is 0 Å². The fraction of sp³-hybridized carbons (Fsp3) is 0.300. The minimum absolute atomic E-state index is 0.0556. The predicted octanol–water partition coefficient (Wildman–Crippen LogP) is 0.650. The first-order valence-corrected chi connectivity index (χ1v) is 4.50. The smallest absolute Gasteiger partial charge is 0.352 e. The predicted molar refractivity (Wildman–Crippen MR) is 50.1 cm³/mol. The molecule has 1 aliphatic rings. The van der Waals surface area contributed by atoms with Gasteiger partial charge in [-0.05, 0) is 18.6 Å². The van der Waals surface area contributed by atoms with Crippen LogP contribution in [0.5, 0.6) is 0 Å². The lowest BCUT2D eigenvalue weighted by Crippen LogP contribution is -2.28. The summed E-state index contributed by atoms with van der Waals surface area (Å²) in [5, 5.41) is 8.88. The fourth-order valence-electron chi connectivity index (χ4n) is 1.83. The molecule has 0 aromatic carbocycles. The van der Waals surface area contributed by atoms with Gasteiger partial charge in [-0.15, -0.1) is 0 Å². The standard InChI is InChI=1S/C10H9NO4/c1-5-2-8(10(14)15)11-7(5)3-6(12)4-9(11)13/h2H,3-4H2,1H3,(H,14,15). The van der Waals surface area contributed by atoms with E-state index in [0.29, 0.717) is 11.3 Å². The zero-order valence-electron chi connectivity index (χ0n) is 8.11. The lowest BCUT2D eigenvalue weighted by atomic mass is 10.1. The van der Waals surface area contributed by atoms with E-state index in [1.165, 1.54) is 6.07 Å². The average molecular weight is 207 g/mol. The molecule has 0 saturated heterocycles. The SMILES string of the molecule is Cc1cc(C(=O)O)n2c1CC(=O)CC2=O. The molecule has 0 unspecified atom stereocenters. The highest BCUT2D eigenvalue weighted by Crippen LogP contribution is 2.21. The Morgan fingerprint density at radius 1 is 1.40 bits per heavy atom. The Bertz CT molecular complexity index is 484. The van der Waals surface area contributed by atoms with Gasteiger partial charge in [-0.25, -0.2) is 4.79 Å². The zero-order valence-corrected chi connectivity index (χ0v) is 8.11. The van der Waals surface area contributed by atoms with Crippen molar-refractivity contribution in [3.8, 4) is 0 Å². The maximum absolute atomic E-state index is 11.5. The zero-order chi connectivity index (χ0) is 11.2. The van der Waals surface area contributed by atoms with E-state index in [1.54, 1.807) is 6.92 Å². The van der Waals surface area contributed by atoms with Crippen LogP contribution in [0.1, 0.15) is 33.0 Å². The maximum Gasteiger partial charge on any atom is 0.352 e. The van der Waals surface area contributed by atoms with Crippen LogP contribution < -0.4 is 0 Å². The van der Waals surface area contributed by atoms with E-state index in [1.807, 2.05) is 0 Å². The number of carbonyl (C=O) groups excluding carboxylic acids is 2. The van der Waals surface area contributed by atoms with E-state index in [-0.39, 0.29) is 24.3 Å². The molecule has 0 atom stereocenters. The number of carbonyl (C=O) groups is 3. The number of aryl methyl sites for hydroxylation is 1. The van der Waals surface area contributed by atoms with E-state index in [4.69, 9.17) is 5.11 Å². The van der Waals surface area contributed by atoms with Gasteiger partial charge in [-0.1, -0.05) is 0 Å². The molecule has 0 bridgehead atoms. The summed E-state index contributed by atoms with van der Waals surface area (Å²) in [7, 11) is 0. The molecule has 15 heavy (non-hydrogen) atoms. The average Bonchev–Trinajstić information content (AvgIpc) is 2.44. The minimum Gasteiger partial charge on any atom is -0.477 e. The number of Topliss-reactive ketones (excluding diaryl/α,β-unsaturated/α-hetero) is 1. The third kappa shape index (κ3) is 1.36. The second-order valence-electron chi connectivity index (χ2n) is 3.59. The summed E-state index contributed by atoms with van der Waals surface area (Å²) < 4.78 is 1.14. The van der Waals surface area contributed by atoms with E-state index in [0.717, 1.165) is 4.57 Å². The van der Waals surface area contributed by atoms with Gasteiger partial charge < -0.3 is 5.11 Å². The molecule has 1 aromatic rings. The van der Waals surface area contributed by atoms with Crippen LogP contribution in [0.25, 0.3) is 0 Å². The lowest BCUT2D eigenvalue weighted by molar-refractivity contribution is -0.118. The molecule has 78 valence electrons. The van der Waals surface area contributed by atoms with Crippen molar-refractivity contribution in [3.63, 3.8) is 0 Å². The number of hydrogen-bond acceptors (Lipinski definition) is 3. The van der Waals surface area contributed by atoms with Gasteiger partial charge >= 0.3 is 5.97 Å². The third-order valence-corrected chi connectivity index (χ3v) is 2.50. The van der Waals surface area contributed by atoms with Crippen molar-refractivity contribution in [3.05, 3.63) is 23.0 Å². The molecule has 0 spiro atoms. The molecule has 1 N–H and O–H groups in total. The van der Waals surface area contributed by atoms with Crippen LogP contribution in [0.4, 0.5) is 0 Å². The van der Waals surface area contributed by atoms with E-state index in [2.05, 4.69) is 0 Å². The van der Waals surface area contributed by atoms with Crippen molar-refractivity contribution in [1.82, 2.24) is 4.57 Å². The molecule has 1 aliphatic heterocycles. The van der Waals surface area contributed by atoms with Crippen LogP contribution in [-0.2, 0) is 11.2 Å². The van der Waals surface area contributed by atoms with Gasteiger partial charge in [0.2, 0.25) is 5.91 Å². The topological polar surface area (TPSA) is 76.4 Å². The number of carboxylic acids is 1. The largest absolute Gasteiger partial charge is 0.477 e. The van der Waals surface area contributed by atoms with Crippen LogP contribution in [0.2, 0.25) is 0 Å². The van der Waals surface area contributed by atoms with Crippen LogP contribution in [0, 0.1) is 6.92 Å². The Labute approximate surface area is 85.3 Å². The number of ketones is 1. The summed E-state index contributed by atoms with van der Waals surface area (Å²) in [6, 6.07) is 1.42. The van der Waals surface area contributed by atoms with Crippen LogP contribution in [-0.4, -0.2) is 27.3 Å². The number of aromatic nitrogens is 1. The Kier molecular flexibility index (Phi) is 1.96. The highest BCUT2D eigenvalue weighted by Gasteiger charge is 2.28. The number of nitrogens with zero attached hydrogens (tertiary/aromatic N) is 1. The number of hydrogen-bond donors (Lipinski definition) is 1. The first-order chi connectivity index (χ1) is 7.00. The van der Waals surface area contributed by atoms with Crippen LogP contribution in [0.3, 0.4) is 0 Å². The van der Waals surface area contributed by atoms with Gasteiger partial charge in [0.05, 0.1) is 6.42 Å². The van der Waals surface area contributed by atoms with Crippen molar-refractivity contribution in [2.24, 2.45) is 0 Å². The highest BCUT2D eigenvalue weighted by molar-refractivity contribution is 6.06. The molecule has 1 aromatic heterocycles. The molecule has 0 amide bonds. The monoisotopic (exact) mass is 207 g/mol. The van der Waals surface area contributed by atoms with E-state index < -0.39 is 11.9 Å². The minimum atomic E-state index is -1.15. The lowest BCUT2D eigenvalue weighted by Gasteiger charge is -2.14. The van der Waals surface area contributed by atoms with Gasteiger partial charge in [-0.2, -0.15) is 0 Å². The summed E-state index contributed by atoms with van der Waals surface area (Å²) in [4.78, 5) is 33.6. The normalized spacial score (nSPS) is 15.3. The molecule has 2 rings (SSSR count). The van der Waals surface area contributed by atoms with E-state index >= 15 is 0 Å². The summed E-state index contributed by atoms with van der Waals surface area (Å²) >= 11 is 0. The highest BCUT2D eigenvalue weighted by atomic mass is 16.4. The molecule has 5 nitrogen and oxygen atoms in total. The van der Waals surface area contributed by atoms with Crippen molar-refractivity contribution in [2.45, 2.75) is 19.8 Å². The Morgan fingerprint density at radius 2 is 2.07 bits per heavy atom. The molecule has 2 heterocycles. The molecule has 0 fully saturated rings. The number of carboxylic acid groups (broad SMARTS) is 1. The van der Waals surface area contributed by atoms with Crippen molar-refractivity contribution in [1.29, 1.82) is 0 Å². The first-order valence-electron chi connectivity index (χ1n) is 4.50. The molecule has 0 radical (unpaired) electrons. The Morgan fingerprint density at radius 3 is 2.67 bits per heavy atom. The molecular formula is C10H9NO4. The van der Waals surface area contributed by atoms with E-state index in [9.17, 15) is 14.4 Å². The summed E-state index contributed by atoms with van der Waals surface area (Å²) in [5.74, 6) is -1.76. The van der Waals surface area contributed by atoms with Gasteiger partial charge in [0.15, 0.2) is 0 Å². The fourth-order valence-corrected chi connectivity index (χ4v) is 1.83. The Hall–Kier alpha value is -1.91. The quantitative estimate of drug-likeness (QED) is 0.686. The number of aromatic carboxylic acids is 1. The van der Waals surface area contributed by atoms with Crippen molar-refractivity contribution < 1.29 is 19.5 Å². The molecular weight excluding hydrogens is 198 g/mol. The maximum atomic E-state index is 11.5. The van der Waals surface area contributed by atoms with Crippen LogP contribution in [0.15, 0.2) is 6.07 Å².